The van der Waals surface area contributed by atoms with Crippen LogP contribution in [0.5, 0.6) is 0 Å². The fourth-order valence-electron chi connectivity index (χ4n) is 3.32. The van der Waals surface area contributed by atoms with Gasteiger partial charge in [0.2, 0.25) is 21.7 Å². The van der Waals surface area contributed by atoms with Gasteiger partial charge in [-0.25, -0.2) is 12.8 Å². The van der Waals surface area contributed by atoms with E-state index in [1.54, 1.807) is 25.1 Å². The van der Waals surface area contributed by atoms with Crippen molar-refractivity contribution in [2.45, 2.75) is 13.5 Å². The van der Waals surface area contributed by atoms with Gasteiger partial charge in [-0.15, -0.1) is 0 Å². The van der Waals surface area contributed by atoms with Gasteiger partial charge < -0.3 is 4.52 Å². The van der Waals surface area contributed by atoms with Gasteiger partial charge in [0, 0.05) is 37.2 Å². The zero-order chi connectivity index (χ0) is 21.8. The van der Waals surface area contributed by atoms with Gasteiger partial charge in [0.1, 0.15) is 5.82 Å². The molecule has 9 heteroatoms. The summed E-state index contributed by atoms with van der Waals surface area (Å²) in [7, 11) is -3.48. The average Bonchev–Trinajstić information content (AvgIpc) is 3.24. The summed E-state index contributed by atoms with van der Waals surface area (Å²) in [5, 5.41) is 5.19. The van der Waals surface area contributed by atoms with Crippen molar-refractivity contribution in [3.8, 4) is 11.4 Å². The Hall–Kier alpha value is -2.88. The van der Waals surface area contributed by atoms with E-state index in [-0.39, 0.29) is 5.82 Å². The van der Waals surface area contributed by atoms with E-state index in [2.05, 4.69) is 15.0 Å². The number of hydrogen-bond donors (Lipinski definition) is 0. The van der Waals surface area contributed by atoms with Crippen molar-refractivity contribution in [3.63, 3.8) is 0 Å². The first kappa shape index (κ1) is 21.4. The zero-order valence-corrected chi connectivity index (χ0v) is 17.9. The maximum atomic E-state index is 13.8. The van der Waals surface area contributed by atoms with Crippen LogP contribution in [-0.2, 0) is 16.6 Å². The van der Waals surface area contributed by atoms with Crippen LogP contribution >= 0.6 is 0 Å². The number of nitrogens with zero attached hydrogens (tertiary/aromatic N) is 4. The lowest BCUT2D eigenvalue weighted by atomic mass is 10.1. The maximum Gasteiger partial charge on any atom is 0.241 e. The van der Waals surface area contributed by atoms with Crippen LogP contribution in [0.2, 0.25) is 0 Å². The number of aryl methyl sites for hydroxylation is 1. The number of hydrogen-bond acceptors (Lipinski definition) is 6. The van der Waals surface area contributed by atoms with Crippen molar-refractivity contribution in [2.75, 3.05) is 26.2 Å². The molecule has 162 valence electrons. The molecule has 0 spiro atoms. The summed E-state index contributed by atoms with van der Waals surface area (Å²) in [5.74, 6) is 0.430. The van der Waals surface area contributed by atoms with E-state index in [0.717, 1.165) is 5.56 Å². The lowest BCUT2D eigenvalue weighted by molar-refractivity contribution is 0.164. The van der Waals surface area contributed by atoms with Crippen LogP contribution in [0.3, 0.4) is 0 Å². The molecule has 0 radical (unpaired) electrons. The predicted octanol–water partition coefficient (Wildman–Crippen LogP) is 3.30. The number of halogens is 1. The van der Waals surface area contributed by atoms with Crippen LogP contribution in [0.15, 0.2) is 58.5 Å². The van der Waals surface area contributed by atoms with Crippen LogP contribution in [0.4, 0.5) is 4.39 Å². The molecule has 0 bridgehead atoms. The molecule has 3 aromatic rings. The molecule has 1 aliphatic heterocycles. The fourth-order valence-corrected chi connectivity index (χ4v) is 4.49. The number of rotatable bonds is 6. The molecule has 2 heterocycles. The van der Waals surface area contributed by atoms with Gasteiger partial charge in [-0.2, -0.15) is 9.29 Å². The molecule has 0 unspecified atom stereocenters. The molecule has 2 aromatic carbocycles. The second kappa shape index (κ2) is 9.09. The Balaban J connectivity index is 1.34. The summed E-state index contributed by atoms with van der Waals surface area (Å²) in [6.45, 7) is 3.97. The molecule has 1 aliphatic rings. The Morgan fingerprint density at radius 2 is 1.84 bits per heavy atom. The summed E-state index contributed by atoms with van der Waals surface area (Å²) < 4.78 is 45.7. The highest BCUT2D eigenvalue weighted by molar-refractivity contribution is 7.92. The van der Waals surface area contributed by atoms with Crippen molar-refractivity contribution >= 4 is 16.1 Å². The number of benzene rings is 2. The third-order valence-corrected chi connectivity index (χ3v) is 6.75. The minimum atomic E-state index is -3.48. The quantitative estimate of drug-likeness (QED) is 0.583. The molecule has 0 saturated carbocycles. The van der Waals surface area contributed by atoms with E-state index in [9.17, 15) is 12.8 Å². The lowest BCUT2D eigenvalue weighted by Crippen LogP contribution is -2.47. The first-order valence-corrected chi connectivity index (χ1v) is 11.5. The topological polar surface area (TPSA) is 79.5 Å². The molecule has 1 fully saturated rings. The Kier molecular flexibility index (Phi) is 6.26. The number of aromatic nitrogens is 2. The molecule has 1 saturated heterocycles. The predicted molar refractivity (Wildman–Crippen MR) is 116 cm³/mol. The minimum Gasteiger partial charge on any atom is -0.338 e. The first-order valence-electron chi connectivity index (χ1n) is 9.95. The third-order valence-electron chi connectivity index (χ3n) is 5.18. The zero-order valence-electron chi connectivity index (χ0n) is 17.1. The summed E-state index contributed by atoms with van der Waals surface area (Å²) in [4.78, 5) is 6.40. The molecule has 4 rings (SSSR count). The molecule has 0 atom stereocenters. The van der Waals surface area contributed by atoms with Crippen LogP contribution < -0.4 is 0 Å². The minimum absolute atomic E-state index is 0.317. The van der Waals surface area contributed by atoms with Gasteiger partial charge in [0.25, 0.3) is 0 Å². The van der Waals surface area contributed by atoms with Crippen molar-refractivity contribution in [3.05, 3.63) is 76.8 Å². The molecule has 7 nitrogen and oxygen atoms in total. The molecule has 0 amide bonds. The molecule has 0 N–H and O–H groups in total. The SMILES string of the molecule is Cc1ccc(-c2noc(CN3CCN(S(=O)(=O)/C=C/c4ccccc4)CC3)n2)cc1F. The van der Waals surface area contributed by atoms with Crippen molar-refractivity contribution in [1.82, 2.24) is 19.3 Å². The molecule has 0 aliphatic carbocycles. The fraction of sp³-hybridized carbons (Fsp3) is 0.273. The number of piperazine rings is 1. The molecular weight excluding hydrogens is 419 g/mol. The molecule has 1 aromatic heterocycles. The second-order valence-corrected chi connectivity index (χ2v) is 9.23. The van der Waals surface area contributed by atoms with Gasteiger partial charge in [-0.1, -0.05) is 47.6 Å². The highest BCUT2D eigenvalue weighted by Gasteiger charge is 2.26. The first-order chi connectivity index (χ1) is 14.9. The van der Waals surface area contributed by atoms with E-state index in [4.69, 9.17) is 4.52 Å². The normalized spacial score (nSPS) is 16.2. The Morgan fingerprint density at radius 3 is 2.55 bits per heavy atom. The van der Waals surface area contributed by atoms with E-state index < -0.39 is 10.0 Å². The van der Waals surface area contributed by atoms with Crippen LogP contribution in [0.25, 0.3) is 17.5 Å². The smallest absolute Gasteiger partial charge is 0.241 e. The Labute approximate surface area is 180 Å². The van der Waals surface area contributed by atoms with Gasteiger partial charge >= 0.3 is 0 Å². The van der Waals surface area contributed by atoms with Gasteiger partial charge in [-0.05, 0) is 30.2 Å². The van der Waals surface area contributed by atoms with E-state index in [0.29, 0.717) is 55.6 Å². The molecule has 31 heavy (non-hydrogen) atoms. The second-order valence-electron chi connectivity index (χ2n) is 7.41. The van der Waals surface area contributed by atoms with Gasteiger partial charge in [-0.3, -0.25) is 4.90 Å². The third kappa shape index (κ3) is 5.25. The van der Waals surface area contributed by atoms with Crippen molar-refractivity contribution < 1.29 is 17.3 Å². The lowest BCUT2D eigenvalue weighted by Gasteiger charge is -2.32. The largest absolute Gasteiger partial charge is 0.338 e. The van der Waals surface area contributed by atoms with Crippen LogP contribution in [0.1, 0.15) is 17.0 Å². The summed E-state index contributed by atoms with van der Waals surface area (Å²) in [6, 6.07) is 14.1. The Morgan fingerprint density at radius 1 is 1.10 bits per heavy atom. The number of sulfonamides is 1. The highest BCUT2D eigenvalue weighted by atomic mass is 32.2. The summed E-state index contributed by atoms with van der Waals surface area (Å²) in [5.41, 5.74) is 1.95. The molecular formula is C22H23FN4O3S. The van der Waals surface area contributed by atoms with E-state index in [1.165, 1.54) is 15.8 Å². The average molecular weight is 443 g/mol. The maximum absolute atomic E-state index is 13.8. The van der Waals surface area contributed by atoms with Crippen molar-refractivity contribution in [1.29, 1.82) is 0 Å². The monoisotopic (exact) mass is 442 g/mol. The summed E-state index contributed by atoms with van der Waals surface area (Å²) in [6.07, 6.45) is 1.61. The summed E-state index contributed by atoms with van der Waals surface area (Å²) >= 11 is 0. The highest BCUT2D eigenvalue weighted by Crippen LogP contribution is 2.20. The van der Waals surface area contributed by atoms with Gasteiger partial charge in [0.05, 0.1) is 6.54 Å². The van der Waals surface area contributed by atoms with Crippen LogP contribution in [0, 0.1) is 12.7 Å². The Bertz CT molecular complexity index is 1170. The van der Waals surface area contributed by atoms with Crippen molar-refractivity contribution in [2.24, 2.45) is 0 Å². The van der Waals surface area contributed by atoms with Crippen LogP contribution in [-0.4, -0.2) is 53.9 Å². The van der Waals surface area contributed by atoms with E-state index >= 15 is 0 Å². The van der Waals surface area contributed by atoms with E-state index in [1.807, 2.05) is 30.3 Å². The standard InChI is InChI=1S/C22H23FN4O3S/c1-17-7-8-19(15-20(17)23)22-24-21(30-25-22)16-26-10-12-27(13-11-26)31(28,29)14-9-18-5-3-2-4-6-18/h2-9,14-15H,10-13,16H2,1H3/b14-9+. The van der Waals surface area contributed by atoms with Gasteiger partial charge in [0.15, 0.2) is 0 Å².